The normalized spacial score (nSPS) is 10.4. The average molecular weight is 375 g/mol. The molecule has 2 aromatic rings. The third-order valence-electron chi connectivity index (χ3n) is 2.97. The average Bonchev–Trinajstić information content (AvgIpc) is 2.41. The van der Waals surface area contributed by atoms with Crippen molar-refractivity contribution in [1.82, 2.24) is 0 Å². The number of nitrogens with one attached hydrogen (secondary N) is 1. The number of hydrogen-bond donors (Lipinski definition) is 1. The van der Waals surface area contributed by atoms with E-state index in [2.05, 4.69) is 21.2 Å². The summed E-state index contributed by atoms with van der Waals surface area (Å²) < 4.78 is 6.30. The minimum Gasteiger partial charge on any atom is -0.495 e. The van der Waals surface area contributed by atoms with Crippen molar-refractivity contribution in [2.24, 2.45) is 0 Å². The molecule has 0 atom stereocenters. The molecule has 106 valence electrons. The van der Waals surface area contributed by atoms with Crippen LogP contribution in [-0.4, -0.2) is 7.11 Å². The van der Waals surface area contributed by atoms with Gasteiger partial charge in [-0.25, -0.2) is 0 Å². The van der Waals surface area contributed by atoms with Crippen LogP contribution in [0.1, 0.15) is 11.1 Å². The van der Waals surface area contributed by atoms with E-state index in [1.54, 1.807) is 7.11 Å². The quantitative estimate of drug-likeness (QED) is 0.742. The Morgan fingerprint density at radius 2 is 1.90 bits per heavy atom. The van der Waals surface area contributed by atoms with Crippen LogP contribution in [0, 0.1) is 6.92 Å². The molecule has 2 nitrogen and oxygen atoms in total. The van der Waals surface area contributed by atoms with Gasteiger partial charge in [0.1, 0.15) is 5.75 Å². The number of methoxy groups -OCH3 is 1. The van der Waals surface area contributed by atoms with Crippen molar-refractivity contribution < 1.29 is 4.74 Å². The summed E-state index contributed by atoms with van der Waals surface area (Å²) in [5, 5.41) is 4.73. The summed E-state index contributed by atoms with van der Waals surface area (Å²) in [6, 6.07) is 9.60. The lowest BCUT2D eigenvalue weighted by Crippen LogP contribution is -2.02. The molecule has 0 saturated heterocycles. The van der Waals surface area contributed by atoms with Crippen molar-refractivity contribution >= 4 is 44.8 Å². The van der Waals surface area contributed by atoms with Crippen LogP contribution in [-0.2, 0) is 6.54 Å². The Labute approximate surface area is 137 Å². The molecule has 2 rings (SSSR count). The molecule has 0 heterocycles. The van der Waals surface area contributed by atoms with Crippen LogP contribution in [0.3, 0.4) is 0 Å². The highest BCUT2D eigenvalue weighted by Crippen LogP contribution is 2.31. The molecule has 0 spiro atoms. The monoisotopic (exact) mass is 373 g/mol. The molecule has 5 heteroatoms. The predicted octanol–water partition coefficient (Wildman–Crippen LogP) is 5.69. The van der Waals surface area contributed by atoms with Crippen molar-refractivity contribution in [2.75, 3.05) is 12.4 Å². The smallest absolute Gasteiger partial charge is 0.143 e. The second-order valence-electron chi connectivity index (χ2n) is 4.39. The number of rotatable bonds is 4. The number of benzene rings is 2. The Bertz CT molecular complexity index is 632. The number of hydrogen-bond acceptors (Lipinski definition) is 2. The van der Waals surface area contributed by atoms with Gasteiger partial charge in [-0.05, 0) is 36.2 Å². The number of ether oxygens (including phenoxy) is 1. The summed E-state index contributed by atoms with van der Waals surface area (Å²) in [6.45, 7) is 2.57. The molecule has 0 fully saturated rings. The first-order valence-electron chi connectivity index (χ1n) is 6.03. The van der Waals surface area contributed by atoms with Crippen molar-refractivity contribution in [3.05, 3.63) is 56.0 Å². The molecule has 0 aliphatic rings. The molecule has 20 heavy (non-hydrogen) atoms. The van der Waals surface area contributed by atoms with Gasteiger partial charge in [0, 0.05) is 27.1 Å². The van der Waals surface area contributed by atoms with Gasteiger partial charge in [0.25, 0.3) is 0 Å². The Kier molecular flexibility index (Phi) is 5.19. The predicted molar refractivity (Wildman–Crippen MR) is 89.2 cm³/mol. The summed E-state index contributed by atoms with van der Waals surface area (Å²) in [5.74, 6) is 0.717. The maximum absolute atomic E-state index is 6.20. The Morgan fingerprint density at radius 3 is 2.55 bits per heavy atom. The lowest BCUT2D eigenvalue weighted by atomic mass is 10.2. The molecule has 0 bridgehead atoms. The molecule has 0 saturated carbocycles. The van der Waals surface area contributed by atoms with E-state index < -0.39 is 0 Å². The van der Waals surface area contributed by atoms with Crippen molar-refractivity contribution in [3.63, 3.8) is 0 Å². The topological polar surface area (TPSA) is 21.3 Å². The summed E-state index contributed by atoms with van der Waals surface area (Å²) in [5.41, 5.74) is 2.91. The highest BCUT2D eigenvalue weighted by molar-refractivity contribution is 9.10. The summed E-state index contributed by atoms with van der Waals surface area (Å²) in [6.07, 6.45) is 0. The van der Waals surface area contributed by atoms with Crippen LogP contribution in [0.5, 0.6) is 5.75 Å². The first kappa shape index (κ1) is 15.5. The van der Waals surface area contributed by atoms with Gasteiger partial charge in [-0.15, -0.1) is 0 Å². The van der Waals surface area contributed by atoms with E-state index >= 15 is 0 Å². The molecule has 0 amide bonds. The van der Waals surface area contributed by atoms with Gasteiger partial charge in [0.05, 0.1) is 12.8 Å². The lowest BCUT2D eigenvalue weighted by molar-refractivity contribution is 0.416. The van der Waals surface area contributed by atoms with E-state index in [4.69, 9.17) is 27.9 Å². The molecule has 0 aliphatic heterocycles. The Morgan fingerprint density at radius 1 is 1.15 bits per heavy atom. The zero-order valence-corrected chi connectivity index (χ0v) is 14.2. The SMILES string of the molecule is COc1cc(Cl)c(C)cc1NCc1ccc(Br)cc1Cl. The van der Waals surface area contributed by atoms with Crippen LogP contribution in [0.25, 0.3) is 0 Å². The van der Waals surface area contributed by atoms with Crippen molar-refractivity contribution in [1.29, 1.82) is 0 Å². The third kappa shape index (κ3) is 3.60. The maximum Gasteiger partial charge on any atom is 0.143 e. The number of halogens is 3. The van der Waals surface area contributed by atoms with Crippen LogP contribution < -0.4 is 10.1 Å². The van der Waals surface area contributed by atoms with E-state index in [1.165, 1.54) is 0 Å². The van der Waals surface area contributed by atoms with Gasteiger partial charge in [-0.1, -0.05) is 45.2 Å². The molecule has 0 radical (unpaired) electrons. The maximum atomic E-state index is 6.20. The number of anilines is 1. The molecular formula is C15H14BrCl2NO. The van der Waals surface area contributed by atoms with Gasteiger partial charge in [0.2, 0.25) is 0 Å². The summed E-state index contributed by atoms with van der Waals surface area (Å²) in [7, 11) is 1.62. The zero-order chi connectivity index (χ0) is 14.7. The largest absolute Gasteiger partial charge is 0.495 e. The second-order valence-corrected chi connectivity index (χ2v) is 6.12. The lowest BCUT2D eigenvalue weighted by Gasteiger charge is -2.14. The highest BCUT2D eigenvalue weighted by Gasteiger charge is 2.08. The first-order valence-corrected chi connectivity index (χ1v) is 7.58. The van der Waals surface area contributed by atoms with Crippen LogP contribution >= 0.6 is 39.1 Å². The summed E-state index contributed by atoms with van der Waals surface area (Å²) >= 11 is 15.7. The van der Waals surface area contributed by atoms with Crippen molar-refractivity contribution in [2.45, 2.75) is 13.5 Å². The van der Waals surface area contributed by atoms with Crippen LogP contribution in [0.2, 0.25) is 10.0 Å². The molecule has 0 unspecified atom stereocenters. The van der Waals surface area contributed by atoms with E-state index in [1.807, 2.05) is 37.3 Å². The first-order chi connectivity index (χ1) is 9.51. The van der Waals surface area contributed by atoms with Gasteiger partial charge in [0.15, 0.2) is 0 Å². The molecular weight excluding hydrogens is 361 g/mol. The van der Waals surface area contributed by atoms with Crippen LogP contribution in [0.4, 0.5) is 5.69 Å². The van der Waals surface area contributed by atoms with Gasteiger partial charge >= 0.3 is 0 Å². The molecule has 0 aromatic heterocycles. The second kappa shape index (κ2) is 6.70. The van der Waals surface area contributed by atoms with Gasteiger partial charge < -0.3 is 10.1 Å². The minimum atomic E-state index is 0.615. The van der Waals surface area contributed by atoms with Crippen LogP contribution in [0.15, 0.2) is 34.8 Å². The van der Waals surface area contributed by atoms with Gasteiger partial charge in [-0.3, -0.25) is 0 Å². The highest BCUT2D eigenvalue weighted by atomic mass is 79.9. The standard InChI is InChI=1S/C15H14BrCl2NO/c1-9-5-14(15(20-2)7-12(9)17)19-8-10-3-4-11(16)6-13(10)18/h3-7,19H,8H2,1-2H3. The van der Waals surface area contributed by atoms with E-state index in [0.717, 1.165) is 26.3 Å². The fourth-order valence-corrected chi connectivity index (χ4v) is 2.72. The molecule has 1 N–H and O–H groups in total. The fraction of sp³-hybridized carbons (Fsp3) is 0.200. The zero-order valence-electron chi connectivity index (χ0n) is 11.1. The van der Waals surface area contributed by atoms with E-state index in [9.17, 15) is 0 Å². The Hall–Kier alpha value is -0.900. The minimum absolute atomic E-state index is 0.615. The third-order valence-corrected chi connectivity index (χ3v) is 4.22. The Balaban J connectivity index is 2.20. The van der Waals surface area contributed by atoms with Gasteiger partial charge in [-0.2, -0.15) is 0 Å². The molecule has 0 aliphatic carbocycles. The molecule has 2 aromatic carbocycles. The van der Waals surface area contributed by atoms with E-state index in [0.29, 0.717) is 17.3 Å². The number of aryl methyl sites for hydroxylation is 1. The summed E-state index contributed by atoms with van der Waals surface area (Å²) in [4.78, 5) is 0. The van der Waals surface area contributed by atoms with Crippen molar-refractivity contribution in [3.8, 4) is 5.75 Å². The fourth-order valence-electron chi connectivity index (χ4n) is 1.83. The van der Waals surface area contributed by atoms with E-state index in [-0.39, 0.29) is 0 Å².